The summed E-state index contributed by atoms with van der Waals surface area (Å²) in [7, 11) is 5.66. The molecule has 98 valence electrons. The van der Waals surface area contributed by atoms with Gasteiger partial charge >= 0.3 is 0 Å². The van der Waals surface area contributed by atoms with Crippen LogP contribution in [-0.2, 0) is 0 Å². The molecule has 19 heavy (non-hydrogen) atoms. The lowest BCUT2D eigenvalue weighted by Gasteiger charge is -2.26. The SMILES string of the molecule is O.O.[B]c1ccc(C2COc3ccccc3O2)cc1. The van der Waals surface area contributed by atoms with Gasteiger partial charge in [0.1, 0.15) is 14.5 Å². The van der Waals surface area contributed by atoms with E-state index in [9.17, 15) is 0 Å². The summed E-state index contributed by atoms with van der Waals surface area (Å²) in [4.78, 5) is 0. The number of fused-ring (bicyclic) bond motifs is 1. The predicted molar refractivity (Wildman–Crippen MR) is 74.4 cm³/mol. The van der Waals surface area contributed by atoms with E-state index in [1.165, 1.54) is 0 Å². The van der Waals surface area contributed by atoms with Crippen molar-refractivity contribution in [1.82, 2.24) is 0 Å². The fraction of sp³-hybridized carbons (Fsp3) is 0.143. The first-order valence-corrected chi connectivity index (χ1v) is 5.57. The lowest BCUT2D eigenvalue weighted by atomic mass is 9.94. The first kappa shape index (κ1) is 15.1. The van der Waals surface area contributed by atoms with E-state index in [-0.39, 0.29) is 17.1 Å². The van der Waals surface area contributed by atoms with E-state index < -0.39 is 0 Å². The zero-order chi connectivity index (χ0) is 11.7. The second-order valence-corrected chi connectivity index (χ2v) is 4.03. The maximum atomic E-state index is 5.89. The summed E-state index contributed by atoms with van der Waals surface area (Å²) in [6, 6.07) is 15.4. The van der Waals surface area contributed by atoms with Gasteiger partial charge in [0.25, 0.3) is 0 Å². The van der Waals surface area contributed by atoms with Gasteiger partial charge in [-0.2, -0.15) is 0 Å². The molecule has 0 saturated heterocycles. The van der Waals surface area contributed by atoms with E-state index in [0.29, 0.717) is 6.61 Å². The van der Waals surface area contributed by atoms with Crippen LogP contribution in [-0.4, -0.2) is 25.4 Å². The van der Waals surface area contributed by atoms with E-state index in [1.54, 1.807) is 0 Å². The number of benzene rings is 2. The summed E-state index contributed by atoms with van der Waals surface area (Å²) < 4.78 is 11.6. The maximum absolute atomic E-state index is 5.89. The monoisotopic (exact) mass is 258 g/mol. The molecule has 1 heterocycles. The molecule has 1 unspecified atom stereocenters. The van der Waals surface area contributed by atoms with Crippen molar-refractivity contribution < 1.29 is 20.4 Å². The zero-order valence-electron chi connectivity index (χ0n) is 10.3. The number of hydrogen-bond donors (Lipinski definition) is 0. The van der Waals surface area contributed by atoms with Crippen molar-refractivity contribution in [2.75, 3.05) is 6.61 Å². The Bertz CT molecular complexity index is 527. The van der Waals surface area contributed by atoms with Crippen LogP contribution in [0, 0.1) is 0 Å². The molecule has 0 amide bonds. The molecule has 1 aliphatic rings. The highest BCUT2D eigenvalue weighted by Gasteiger charge is 2.21. The molecule has 3 rings (SSSR count). The third-order valence-corrected chi connectivity index (χ3v) is 2.82. The third kappa shape index (κ3) is 3.07. The highest BCUT2D eigenvalue weighted by Crippen LogP contribution is 2.35. The van der Waals surface area contributed by atoms with Gasteiger partial charge in [-0.05, 0) is 17.7 Å². The molecular formula is C14H15BO4. The molecule has 2 aromatic carbocycles. The summed E-state index contributed by atoms with van der Waals surface area (Å²) in [6.45, 7) is 0.529. The van der Waals surface area contributed by atoms with Crippen LogP contribution in [0.2, 0.25) is 0 Å². The van der Waals surface area contributed by atoms with Crippen molar-refractivity contribution >= 4 is 13.3 Å². The summed E-state index contributed by atoms with van der Waals surface area (Å²) in [5, 5.41) is 0. The third-order valence-electron chi connectivity index (χ3n) is 2.82. The van der Waals surface area contributed by atoms with Gasteiger partial charge in [0.05, 0.1) is 0 Å². The maximum Gasteiger partial charge on any atom is 0.162 e. The fourth-order valence-electron chi connectivity index (χ4n) is 1.89. The predicted octanol–water partition coefficient (Wildman–Crippen LogP) is 0.343. The number of para-hydroxylation sites is 2. The normalized spacial score (nSPS) is 15.9. The molecule has 5 heteroatoms. The molecule has 1 aliphatic heterocycles. The van der Waals surface area contributed by atoms with Crippen LogP contribution in [0.15, 0.2) is 48.5 Å². The van der Waals surface area contributed by atoms with Crippen LogP contribution >= 0.6 is 0 Å². The van der Waals surface area contributed by atoms with E-state index in [4.69, 9.17) is 17.3 Å². The Morgan fingerprint density at radius 1 is 0.895 bits per heavy atom. The first-order valence-electron chi connectivity index (χ1n) is 5.57. The Morgan fingerprint density at radius 2 is 1.53 bits per heavy atom. The van der Waals surface area contributed by atoms with E-state index >= 15 is 0 Å². The van der Waals surface area contributed by atoms with Crippen LogP contribution in [0.4, 0.5) is 0 Å². The van der Waals surface area contributed by atoms with Crippen molar-refractivity contribution in [2.24, 2.45) is 0 Å². The van der Waals surface area contributed by atoms with Crippen molar-refractivity contribution in [3.8, 4) is 11.5 Å². The van der Waals surface area contributed by atoms with Gasteiger partial charge in [0.15, 0.2) is 17.6 Å². The van der Waals surface area contributed by atoms with Crippen molar-refractivity contribution in [3.05, 3.63) is 54.1 Å². The molecule has 1 atom stereocenters. The molecule has 0 aliphatic carbocycles. The minimum absolute atomic E-state index is 0. The number of ether oxygens (including phenoxy) is 2. The van der Waals surface area contributed by atoms with Crippen LogP contribution in [0.25, 0.3) is 0 Å². The first-order chi connectivity index (χ1) is 8.33. The second-order valence-electron chi connectivity index (χ2n) is 4.03. The van der Waals surface area contributed by atoms with Gasteiger partial charge in [0.2, 0.25) is 0 Å². The van der Waals surface area contributed by atoms with Gasteiger partial charge in [-0.15, -0.1) is 0 Å². The van der Waals surface area contributed by atoms with Crippen molar-refractivity contribution in [2.45, 2.75) is 6.10 Å². The Kier molecular flexibility index (Phi) is 4.98. The van der Waals surface area contributed by atoms with Gasteiger partial charge in [-0.25, -0.2) is 0 Å². The molecule has 4 N–H and O–H groups in total. The molecule has 0 fully saturated rings. The van der Waals surface area contributed by atoms with Crippen LogP contribution < -0.4 is 14.9 Å². The molecule has 4 nitrogen and oxygen atoms in total. The molecule has 2 radical (unpaired) electrons. The lowest BCUT2D eigenvalue weighted by Crippen LogP contribution is -2.21. The molecule has 0 saturated carbocycles. The fourth-order valence-corrected chi connectivity index (χ4v) is 1.89. The lowest BCUT2D eigenvalue weighted by molar-refractivity contribution is 0.0913. The smallest absolute Gasteiger partial charge is 0.162 e. The van der Waals surface area contributed by atoms with Gasteiger partial charge in [0, 0.05) is 0 Å². The average molecular weight is 258 g/mol. The Balaban J connectivity index is 0.000000902. The van der Waals surface area contributed by atoms with Crippen LogP contribution in [0.5, 0.6) is 11.5 Å². The van der Waals surface area contributed by atoms with Gasteiger partial charge < -0.3 is 20.4 Å². The number of rotatable bonds is 1. The summed E-state index contributed by atoms with van der Waals surface area (Å²) in [6.07, 6.45) is -0.0644. The largest absolute Gasteiger partial charge is 0.485 e. The molecule has 0 aromatic heterocycles. The van der Waals surface area contributed by atoms with Crippen molar-refractivity contribution in [3.63, 3.8) is 0 Å². The Labute approximate surface area is 113 Å². The highest BCUT2D eigenvalue weighted by atomic mass is 16.6. The van der Waals surface area contributed by atoms with Crippen molar-refractivity contribution in [1.29, 1.82) is 0 Å². The van der Waals surface area contributed by atoms with E-state index in [0.717, 1.165) is 22.5 Å². The minimum Gasteiger partial charge on any atom is -0.485 e. The van der Waals surface area contributed by atoms with Crippen LogP contribution in [0.1, 0.15) is 11.7 Å². The summed E-state index contributed by atoms with van der Waals surface area (Å²) >= 11 is 0. The van der Waals surface area contributed by atoms with E-state index in [1.807, 2.05) is 48.5 Å². The molecular weight excluding hydrogens is 243 g/mol. The Morgan fingerprint density at radius 3 is 2.21 bits per heavy atom. The Hall–Kier alpha value is -1.98. The highest BCUT2D eigenvalue weighted by molar-refractivity contribution is 6.32. The standard InChI is InChI=1S/C14H11BO2.2H2O/c15-11-7-5-10(6-8-11)14-9-16-12-3-1-2-4-13(12)17-14;;/h1-8,14H,9H2;2*1H2. The molecule has 0 bridgehead atoms. The number of hydrogen-bond acceptors (Lipinski definition) is 2. The zero-order valence-corrected chi connectivity index (χ0v) is 10.3. The average Bonchev–Trinajstić information content (AvgIpc) is 2.39. The van der Waals surface area contributed by atoms with Gasteiger partial charge in [-0.3, -0.25) is 0 Å². The molecule has 0 spiro atoms. The van der Waals surface area contributed by atoms with Crippen LogP contribution in [0.3, 0.4) is 0 Å². The summed E-state index contributed by atoms with van der Waals surface area (Å²) in [5.41, 5.74) is 1.83. The van der Waals surface area contributed by atoms with E-state index in [2.05, 4.69) is 0 Å². The topological polar surface area (TPSA) is 81.5 Å². The summed E-state index contributed by atoms with van der Waals surface area (Å²) in [5.74, 6) is 1.60. The second kappa shape index (κ2) is 6.27. The molecule has 2 aromatic rings. The van der Waals surface area contributed by atoms with Gasteiger partial charge in [-0.1, -0.05) is 41.9 Å². The minimum atomic E-state index is -0.0644. The quantitative estimate of drug-likeness (QED) is 0.691.